The van der Waals surface area contributed by atoms with Crippen LogP contribution >= 0.6 is 12.2 Å². The fourth-order valence-electron chi connectivity index (χ4n) is 4.69. The summed E-state index contributed by atoms with van der Waals surface area (Å²) in [6, 6.07) is 7.26. The minimum atomic E-state index is -0.614. The number of aromatic hydroxyl groups is 1. The topological polar surface area (TPSA) is 78.3 Å². The molecule has 1 saturated carbocycles. The molecule has 0 bridgehead atoms. The molecule has 0 radical (unpaired) electrons. The number of nitrogens with one attached hydrogen (secondary N) is 1. The van der Waals surface area contributed by atoms with Gasteiger partial charge in [0.25, 0.3) is 5.56 Å². The zero-order valence-electron chi connectivity index (χ0n) is 16.0. The molecule has 7 heteroatoms. The summed E-state index contributed by atoms with van der Waals surface area (Å²) in [5, 5.41) is 11.2. The molecule has 1 aromatic heterocycles. The van der Waals surface area contributed by atoms with Crippen LogP contribution in [0, 0.1) is 4.77 Å². The number of hydrogen-bond acceptors (Lipinski definition) is 4. The molecule has 1 atom stereocenters. The summed E-state index contributed by atoms with van der Waals surface area (Å²) in [6.07, 6.45) is 5.90. The smallest absolute Gasteiger partial charge is 0.261 e. The van der Waals surface area contributed by atoms with E-state index in [9.17, 15) is 14.7 Å². The maximum Gasteiger partial charge on any atom is 0.261 e. The molecule has 4 rings (SSSR count). The first-order chi connectivity index (χ1) is 13.5. The predicted molar refractivity (Wildman–Crippen MR) is 109 cm³/mol. The number of aromatic amines is 1. The molecule has 1 aliphatic carbocycles. The Bertz CT molecular complexity index is 1020. The van der Waals surface area contributed by atoms with Crippen molar-refractivity contribution >= 4 is 18.1 Å². The van der Waals surface area contributed by atoms with Crippen molar-refractivity contribution in [3.63, 3.8) is 0 Å². The Morgan fingerprint density at radius 2 is 1.93 bits per heavy atom. The third-order valence-electron chi connectivity index (χ3n) is 6.05. The summed E-state index contributed by atoms with van der Waals surface area (Å²) in [5.74, 6) is -0.224. The van der Waals surface area contributed by atoms with Crippen molar-refractivity contribution in [2.75, 3.05) is 6.54 Å². The standard InChI is InChI=1S/C21H25N3O3S/c1-13(25)23-12-11-14-7-5-6-10-16(14)18(23)17-19(26)22-21(28)24(20(17)27)15-8-3-2-4-9-15/h5-7,10,15,18,27H,2-4,8-9,11-12H2,1H3,(H,22,26,28). The van der Waals surface area contributed by atoms with E-state index in [1.165, 1.54) is 13.3 Å². The molecule has 1 aromatic carbocycles. The van der Waals surface area contributed by atoms with Gasteiger partial charge in [0.15, 0.2) is 4.77 Å². The third-order valence-corrected chi connectivity index (χ3v) is 6.35. The molecule has 2 heterocycles. The highest BCUT2D eigenvalue weighted by molar-refractivity contribution is 7.71. The van der Waals surface area contributed by atoms with Crippen LogP contribution in [0.25, 0.3) is 0 Å². The Labute approximate surface area is 168 Å². The summed E-state index contributed by atoms with van der Waals surface area (Å²) in [7, 11) is 0. The molecule has 1 fully saturated rings. The maximum atomic E-state index is 12.9. The number of rotatable bonds is 2. The van der Waals surface area contributed by atoms with E-state index in [-0.39, 0.29) is 28.2 Å². The van der Waals surface area contributed by atoms with Crippen molar-refractivity contribution in [2.45, 2.75) is 57.5 Å². The van der Waals surface area contributed by atoms with Gasteiger partial charge in [-0.25, -0.2) is 0 Å². The molecule has 2 aliphatic rings. The van der Waals surface area contributed by atoms with Crippen LogP contribution < -0.4 is 5.56 Å². The lowest BCUT2D eigenvalue weighted by Gasteiger charge is -2.37. The third kappa shape index (κ3) is 3.17. The van der Waals surface area contributed by atoms with Crippen LogP contribution in [0.2, 0.25) is 0 Å². The number of carbonyl (C=O) groups excluding carboxylic acids is 1. The number of carbonyl (C=O) groups is 1. The Morgan fingerprint density at radius 1 is 1.21 bits per heavy atom. The van der Waals surface area contributed by atoms with Crippen molar-refractivity contribution in [2.24, 2.45) is 0 Å². The lowest BCUT2D eigenvalue weighted by molar-refractivity contribution is -0.130. The molecule has 1 amide bonds. The fourth-order valence-corrected chi connectivity index (χ4v) is 5.02. The van der Waals surface area contributed by atoms with Gasteiger partial charge in [-0.05, 0) is 42.6 Å². The van der Waals surface area contributed by atoms with E-state index in [0.717, 1.165) is 43.2 Å². The molecular weight excluding hydrogens is 374 g/mol. The predicted octanol–water partition coefficient (Wildman–Crippen LogP) is 3.61. The molecule has 6 nitrogen and oxygen atoms in total. The highest BCUT2D eigenvalue weighted by Gasteiger charge is 2.35. The van der Waals surface area contributed by atoms with Gasteiger partial charge in [0, 0.05) is 19.5 Å². The fraction of sp³-hybridized carbons (Fsp3) is 0.476. The summed E-state index contributed by atoms with van der Waals surface area (Å²) in [6.45, 7) is 2.01. The monoisotopic (exact) mass is 399 g/mol. The van der Waals surface area contributed by atoms with Crippen LogP contribution in [0.4, 0.5) is 0 Å². The zero-order chi connectivity index (χ0) is 19.8. The van der Waals surface area contributed by atoms with Crippen LogP contribution in [0.1, 0.15) is 67.8 Å². The number of hydrogen-bond donors (Lipinski definition) is 2. The van der Waals surface area contributed by atoms with Crippen LogP contribution in [0.5, 0.6) is 5.88 Å². The van der Waals surface area contributed by atoms with Crippen molar-refractivity contribution in [1.82, 2.24) is 14.5 Å². The largest absolute Gasteiger partial charge is 0.494 e. The number of aromatic nitrogens is 2. The van der Waals surface area contributed by atoms with Gasteiger partial charge in [-0.1, -0.05) is 43.5 Å². The molecule has 1 aliphatic heterocycles. The molecule has 2 N–H and O–H groups in total. The first-order valence-electron chi connectivity index (χ1n) is 9.91. The van der Waals surface area contributed by atoms with Gasteiger partial charge in [0.1, 0.15) is 5.56 Å². The Morgan fingerprint density at radius 3 is 2.64 bits per heavy atom. The molecular formula is C21H25N3O3S. The molecule has 0 spiro atoms. The van der Waals surface area contributed by atoms with Crippen LogP contribution in [0.15, 0.2) is 29.1 Å². The van der Waals surface area contributed by atoms with Crippen molar-refractivity contribution < 1.29 is 9.90 Å². The number of benzene rings is 1. The van der Waals surface area contributed by atoms with Crippen LogP contribution in [-0.2, 0) is 11.2 Å². The van der Waals surface area contributed by atoms with E-state index in [1.54, 1.807) is 9.47 Å². The van der Waals surface area contributed by atoms with Gasteiger partial charge in [-0.3, -0.25) is 19.1 Å². The summed E-state index contributed by atoms with van der Waals surface area (Å²) in [5.41, 5.74) is 1.76. The Hall–Kier alpha value is -2.41. The second kappa shape index (κ2) is 7.54. The number of nitrogens with zero attached hydrogens (tertiary/aromatic N) is 2. The number of H-pyrrole nitrogens is 1. The minimum absolute atomic E-state index is 0.0708. The highest BCUT2D eigenvalue weighted by atomic mass is 32.1. The van der Waals surface area contributed by atoms with E-state index in [2.05, 4.69) is 4.98 Å². The lowest BCUT2D eigenvalue weighted by atomic mass is 9.88. The molecule has 28 heavy (non-hydrogen) atoms. The average Bonchev–Trinajstić information content (AvgIpc) is 2.68. The van der Waals surface area contributed by atoms with Gasteiger partial charge < -0.3 is 10.0 Å². The highest BCUT2D eigenvalue weighted by Crippen LogP contribution is 2.39. The van der Waals surface area contributed by atoms with E-state index in [4.69, 9.17) is 12.2 Å². The van der Waals surface area contributed by atoms with Gasteiger partial charge in [-0.2, -0.15) is 0 Å². The normalized spacial score (nSPS) is 20.0. The van der Waals surface area contributed by atoms with Gasteiger partial charge in [-0.15, -0.1) is 0 Å². The second-order valence-corrected chi connectivity index (χ2v) is 8.11. The van der Waals surface area contributed by atoms with Gasteiger partial charge in [0.05, 0.1) is 6.04 Å². The summed E-state index contributed by atoms with van der Waals surface area (Å²) < 4.78 is 1.94. The van der Waals surface area contributed by atoms with E-state index in [1.807, 2.05) is 24.3 Å². The SMILES string of the molecule is CC(=O)N1CCc2ccccc2C1c1c(O)n(C2CCCCC2)c(=S)[nH]c1=O. The van der Waals surface area contributed by atoms with Crippen molar-refractivity contribution in [1.29, 1.82) is 0 Å². The van der Waals surface area contributed by atoms with Crippen LogP contribution in [0.3, 0.4) is 0 Å². The number of fused-ring (bicyclic) bond motifs is 1. The quantitative estimate of drug-likeness (QED) is 0.756. The summed E-state index contributed by atoms with van der Waals surface area (Å²) >= 11 is 5.39. The minimum Gasteiger partial charge on any atom is -0.494 e. The Kier molecular flexibility index (Phi) is 5.10. The first kappa shape index (κ1) is 18.9. The molecule has 0 saturated heterocycles. The van der Waals surface area contributed by atoms with Crippen LogP contribution in [-0.4, -0.2) is 32.0 Å². The lowest BCUT2D eigenvalue weighted by Crippen LogP contribution is -2.42. The van der Waals surface area contributed by atoms with E-state index < -0.39 is 11.6 Å². The molecule has 2 aromatic rings. The van der Waals surface area contributed by atoms with E-state index >= 15 is 0 Å². The maximum absolute atomic E-state index is 12.9. The zero-order valence-corrected chi connectivity index (χ0v) is 16.8. The summed E-state index contributed by atoms with van der Waals surface area (Å²) in [4.78, 5) is 29.7. The second-order valence-electron chi connectivity index (χ2n) is 7.72. The van der Waals surface area contributed by atoms with Gasteiger partial charge in [0.2, 0.25) is 11.8 Å². The molecule has 1 unspecified atom stereocenters. The Balaban J connectivity index is 1.93. The average molecular weight is 400 g/mol. The van der Waals surface area contributed by atoms with Gasteiger partial charge >= 0.3 is 0 Å². The van der Waals surface area contributed by atoms with Crippen molar-refractivity contribution in [3.05, 3.63) is 56.1 Å². The first-order valence-corrected chi connectivity index (χ1v) is 10.3. The van der Waals surface area contributed by atoms with Crippen molar-refractivity contribution in [3.8, 4) is 5.88 Å². The molecule has 148 valence electrons. The van der Waals surface area contributed by atoms with E-state index in [0.29, 0.717) is 6.54 Å². The number of amides is 1.